The molecule has 1 aromatic heterocycles. The van der Waals surface area contributed by atoms with Crippen molar-refractivity contribution in [3.63, 3.8) is 0 Å². The Hall–Kier alpha value is -1.61. The van der Waals surface area contributed by atoms with Crippen LogP contribution in [0.15, 0.2) is 24.4 Å². The number of imidazole rings is 1. The van der Waals surface area contributed by atoms with E-state index in [9.17, 15) is 0 Å². The molecule has 3 rings (SSSR count). The molecule has 3 nitrogen and oxygen atoms in total. The third kappa shape index (κ3) is 1.98. The summed E-state index contributed by atoms with van der Waals surface area (Å²) in [7, 11) is 0. The molecule has 1 heterocycles. The number of aryl methyl sites for hydroxylation is 2. The SMILES string of the molecule is NCc1ncc(-c2ccc3c(c2)CCCC3)[nH]1. The monoisotopic (exact) mass is 227 g/mol. The number of rotatable bonds is 2. The number of aromatic amines is 1. The van der Waals surface area contributed by atoms with Crippen LogP contribution in [0.3, 0.4) is 0 Å². The highest BCUT2D eigenvalue weighted by molar-refractivity contribution is 5.60. The van der Waals surface area contributed by atoms with Gasteiger partial charge in [0.05, 0.1) is 18.4 Å². The van der Waals surface area contributed by atoms with Crippen LogP contribution >= 0.6 is 0 Å². The third-order valence-corrected chi connectivity index (χ3v) is 3.48. The lowest BCUT2D eigenvalue weighted by Gasteiger charge is -2.16. The molecule has 0 saturated carbocycles. The van der Waals surface area contributed by atoms with E-state index in [1.54, 1.807) is 0 Å². The molecule has 0 atom stereocenters. The Balaban J connectivity index is 1.97. The van der Waals surface area contributed by atoms with Crippen LogP contribution < -0.4 is 5.73 Å². The minimum absolute atomic E-state index is 0.463. The summed E-state index contributed by atoms with van der Waals surface area (Å²) in [6, 6.07) is 6.73. The molecule has 3 heteroatoms. The summed E-state index contributed by atoms with van der Waals surface area (Å²) in [6.07, 6.45) is 6.95. The first kappa shape index (κ1) is 10.5. The van der Waals surface area contributed by atoms with Crippen molar-refractivity contribution in [2.75, 3.05) is 0 Å². The molecular formula is C14H17N3. The molecule has 0 spiro atoms. The quantitative estimate of drug-likeness (QED) is 0.827. The van der Waals surface area contributed by atoms with Gasteiger partial charge in [-0.3, -0.25) is 0 Å². The highest BCUT2D eigenvalue weighted by atomic mass is 14.9. The Morgan fingerprint density at radius 1 is 1.18 bits per heavy atom. The van der Waals surface area contributed by atoms with Gasteiger partial charge in [0.25, 0.3) is 0 Å². The van der Waals surface area contributed by atoms with Gasteiger partial charge in [-0.15, -0.1) is 0 Å². The summed E-state index contributed by atoms with van der Waals surface area (Å²) in [6.45, 7) is 0.463. The average Bonchev–Trinajstić information content (AvgIpc) is 2.87. The van der Waals surface area contributed by atoms with E-state index in [4.69, 9.17) is 5.73 Å². The Labute approximate surface area is 101 Å². The van der Waals surface area contributed by atoms with E-state index >= 15 is 0 Å². The first-order chi connectivity index (χ1) is 8.36. The van der Waals surface area contributed by atoms with Gasteiger partial charge in [0.1, 0.15) is 5.82 Å². The van der Waals surface area contributed by atoms with Gasteiger partial charge < -0.3 is 10.7 Å². The second-order valence-electron chi connectivity index (χ2n) is 4.64. The topological polar surface area (TPSA) is 54.7 Å². The highest BCUT2D eigenvalue weighted by Crippen LogP contribution is 2.26. The Kier molecular flexibility index (Phi) is 2.69. The lowest BCUT2D eigenvalue weighted by atomic mass is 9.90. The van der Waals surface area contributed by atoms with Crippen LogP contribution in [-0.2, 0) is 19.4 Å². The molecule has 0 amide bonds. The van der Waals surface area contributed by atoms with Crippen molar-refractivity contribution in [1.29, 1.82) is 0 Å². The van der Waals surface area contributed by atoms with E-state index in [-0.39, 0.29) is 0 Å². The number of H-pyrrole nitrogens is 1. The number of nitrogens with one attached hydrogen (secondary N) is 1. The zero-order valence-corrected chi connectivity index (χ0v) is 9.87. The molecule has 0 saturated heterocycles. The first-order valence-electron chi connectivity index (χ1n) is 6.23. The normalized spacial score (nSPS) is 14.6. The Bertz CT molecular complexity index is 528. The lowest BCUT2D eigenvalue weighted by Crippen LogP contribution is -2.02. The fourth-order valence-electron chi connectivity index (χ4n) is 2.51. The van der Waals surface area contributed by atoms with Gasteiger partial charge in [0.2, 0.25) is 0 Å². The van der Waals surface area contributed by atoms with Gasteiger partial charge in [-0.05, 0) is 48.4 Å². The molecule has 1 aliphatic carbocycles. The van der Waals surface area contributed by atoms with E-state index < -0.39 is 0 Å². The van der Waals surface area contributed by atoms with Gasteiger partial charge in [-0.2, -0.15) is 0 Å². The number of hydrogen-bond donors (Lipinski definition) is 2. The van der Waals surface area contributed by atoms with Gasteiger partial charge in [0, 0.05) is 0 Å². The smallest absolute Gasteiger partial charge is 0.120 e. The number of aromatic nitrogens is 2. The van der Waals surface area contributed by atoms with E-state index in [2.05, 4.69) is 28.2 Å². The molecule has 0 aliphatic heterocycles. The summed E-state index contributed by atoms with van der Waals surface area (Å²) in [5.74, 6) is 0.845. The van der Waals surface area contributed by atoms with Crippen LogP contribution in [0.1, 0.15) is 29.8 Å². The van der Waals surface area contributed by atoms with Crippen LogP contribution in [0.2, 0.25) is 0 Å². The number of nitrogens with two attached hydrogens (primary N) is 1. The van der Waals surface area contributed by atoms with Crippen LogP contribution in [0.4, 0.5) is 0 Å². The summed E-state index contributed by atoms with van der Waals surface area (Å²) in [5.41, 5.74) is 10.9. The van der Waals surface area contributed by atoms with Gasteiger partial charge in [-0.25, -0.2) is 4.98 Å². The maximum Gasteiger partial charge on any atom is 0.120 e. The van der Waals surface area contributed by atoms with E-state index in [0.29, 0.717) is 6.54 Å². The number of fused-ring (bicyclic) bond motifs is 1. The zero-order valence-electron chi connectivity index (χ0n) is 9.87. The first-order valence-corrected chi connectivity index (χ1v) is 6.23. The second kappa shape index (κ2) is 4.34. The Morgan fingerprint density at radius 2 is 2.00 bits per heavy atom. The van der Waals surface area contributed by atoms with E-state index in [1.807, 2.05) is 6.20 Å². The van der Waals surface area contributed by atoms with Crippen LogP contribution in [0.25, 0.3) is 11.3 Å². The Morgan fingerprint density at radius 3 is 2.76 bits per heavy atom. The van der Waals surface area contributed by atoms with Crippen molar-refractivity contribution in [2.45, 2.75) is 32.2 Å². The maximum atomic E-state index is 5.56. The molecular weight excluding hydrogens is 210 g/mol. The predicted molar refractivity (Wildman–Crippen MR) is 68.6 cm³/mol. The van der Waals surface area contributed by atoms with Crippen molar-refractivity contribution in [2.24, 2.45) is 5.73 Å². The number of nitrogens with zero attached hydrogens (tertiary/aromatic N) is 1. The molecule has 2 aromatic rings. The third-order valence-electron chi connectivity index (χ3n) is 3.48. The lowest BCUT2D eigenvalue weighted by molar-refractivity contribution is 0.686. The largest absolute Gasteiger partial charge is 0.341 e. The van der Waals surface area contributed by atoms with Crippen LogP contribution in [0, 0.1) is 0 Å². The molecule has 88 valence electrons. The van der Waals surface area contributed by atoms with Crippen molar-refractivity contribution in [1.82, 2.24) is 9.97 Å². The van der Waals surface area contributed by atoms with Crippen molar-refractivity contribution >= 4 is 0 Å². The van der Waals surface area contributed by atoms with Crippen LogP contribution in [0.5, 0.6) is 0 Å². The summed E-state index contributed by atoms with van der Waals surface area (Å²) < 4.78 is 0. The maximum absolute atomic E-state index is 5.56. The molecule has 0 radical (unpaired) electrons. The molecule has 0 bridgehead atoms. The van der Waals surface area contributed by atoms with Gasteiger partial charge in [0.15, 0.2) is 0 Å². The minimum atomic E-state index is 0.463. The highest BCUT2D eigenvalue weighted by Gasteiger charge is 2.10. The van der Waals surface area contributed by atoms with Gasteiger partial charge in [-0.1, -0.05) is 12.1 Å². The minimum Gasteiger partial charge on any atom is -0.341 e. The molecule has 1 aliphatic rings. The number of hydrogen-bond acceptors (Lipinski definition) is 2. The molecule has 3 N–H and O–H groups in total. The molecule has 1 aromatic carbocycles. The van der Waals surface area contributed by atoms with Crippen LogP contribution in [-0.4, -0.2) is 9.97 Å². The van der Waals surface area contributed by atoms with E-state index in [0.717, 1.165) is 11.5 Å². The van der Waals surface area contributed by atoms with Crippen molar-refractivity contribution < 1.29 is 0 Å². The van der Waals surface area contributed by atoms with Gasteiger partial charge >= 0.3 is 0 Å². The summed E-state index contributed by atoms with van der Waals surface area (Å²) in [5, 5.41) is 0. The summed E-state index contributed by atoms with van der Waals surface area (Å²) in [4.78, 5) is 7.49. The molecule has 0 unspecified atom stereocenters. The fourth-order valence-corrected chi connectivity index (χ4v) is 2.51. The standard InChI is InChI=1S/C14H17N3/c15-8-14-16-9-13(17-14)12-6-5-10-3-1-2-4-11(10)7-12/h5-7,9H,1-4,8,15H2,(H,16,17). The fraction of sp³-hybridized carbons (Fsp3) is 0.357. The average molecular weight is 227 g/mol. The van der Waals surface area contributed by atoms with E-state index in [1.165, 1.54) is 42.4 Å². The van der Waals surface area contributed by atoms with Crippen molar-refractivity contribution in [3.05, 3.63) is 41.3 Å². The second-order valence-corrected chi connectivity index (χ2v) is 4.64. The predicted octanol–water partition coefficient (Wildman–Crippen LogP) is 2.41. The number of benzene rings is 1. The van der Waals surface area contributed by atoms with Crippen molar-refractivity contribution in [3.8, 4) is 11.3 Å². The zero-order chi connectivity index (χ0) is 11.7. The molecule has 17 heavy (non-hydrogen) atoms. The summed E-state index contributed by atoms with van der Waals surface area (Å²) >= 11 is 0. The molecule has 0 fully saturated rings.